The van der Waals surface area contributed by atoms with E-state index in [1.807, 2.05) is 6.07 Å². The molecule has 0 fully saturated rings. The second-order valence-corrected chi connectivity index (χ2v) is 5.76. The molecule has 0 aliphatic carbocycles. The first-order chi connectivity index (χ1) is 10.9. The van der Waals surface area contributed by atoms with E-state index in [4.69, 9.17) is 4.74 Å². The average Bonchev–Trinajstić information content (AvgIpc) is 2.50. The molecule has 0 saturated carbocycles. The number of hydrogen-bond acceptors (Lipinski definition) is 4. The van der Waals surface area contributed by atoms with Crippen molar-refractivity contribution in [2.75, 3.05) is 26.2 Å². The molecule has 7 heteroatoms. The Hall–Kier alpha value is -1.89. The Balaban J connectivity index is 2.74. The number of amides is 2. The molecule has 1 aromatic rings. The normalized spacial score (nSPS) is 10.0. The van der Waals surface area contributed by atoms with Crippen LogP contribution in [0.4, 0.5) is 0 Å². The van der Waals surface area contributed by atoms with Gasteiger partial charge in [0.2, 0.25) is 5.91 Å². The van der Waals surface area contributed by atoms with Gasteiger partial charge in [-0.3, -0.25) is 14.4 Å². The van der Waals surface area contributed by atoms with Crippen LogP contribution in [0.2, 0.25) is 0 Å². The summed E-state index contributed by atoms with van der Waals surface area (Å²) in [4.78, 5) is 36.6. The van der Waals surface area contributed by atoms with Gasteiger partial charge in [-0.2, -0.15) is 0 Å². The van der Waals surface area contributed by atoms with Crippen LogP contribution in [0.15, 0.2) is 28.7 Å². The molecular formula is C16H21BrN2O4. The third-order valence-corrected chi connectivity index (χ3v) is 3.50. The van der Waals surface area contributed by atoms with Crippen LogP contribution in [0, 0.1) is 0 Å². The molecule has 0 aliphatic rings. The number of carbonyl (C=O) groups excluding carboxylic acids is 3. The van der Waals surface area contributed by atoms with Gasteiger partial charge < -0.3 is 15.0 Å². The van der Waals surface area contributed by atoms with Crippen LogP contribution in [0.25, 0.3) is 0 Å². The number of ether oxygens (including phenoxy) is 1. The molecule has 2 amide bonds. The Morgan fingerprint density at radius 1 is 1.26 bits per heavy atom. The zero-order valence-electron chi connectivity index (χ0n) is 13.3. The Morgan fingerprint density at radius 3 is 2.61 bits per heavy atom. The second kappa shape index (κ2) is 9.99. The quantitative estimate of drug-likeness (QED) is 0.695. The number of halogens is 1. The molecule has 0 aliphatic heterocycles. The molecule has 126 valence electrons. The Labute approximate surface area is 144 Å². The maximum Gasteiger partial charge on any atom is 0.307 e. The van der Waals surface area contributed by atoms with Crippen LogP contribution in [0.1, 0.15) is 30.6 Å². The topological polar surface area (TPSA) is 75.7 Å². The van der Waals surface area contributed by atoms with Gasteiger partial charge in [0, 0.05) is 36.6 Å². The van der Waals surface area contributed by atoms with E-state index in [9.17, 15) is 14.4 Å². The molecule has 0 spiro atoms. The largest absolute Gasteiger partial charge is 0.466 e. The number of nitrogens with one attached hydrogen (secondary N) is 1. The smallest absolute Gasteiger partial charge is 0.307 e. The molecular weight excluding hydrogens is 364 g/mol. The number of rotatable bonds is 8. The highest BCUT2D eigenvalue weighted by molar-refractivity contribution is 9.10. The van der Waals surface area contributed by atoms with Crippen molar-refractivity contribution in [2.24, 2.45) is 0 Å². The van der Waals surface area contributed by atoms with Crippen LogP contribution >= 0.6 is 15.9 Å². The van der Waals surface area contributed by atoms with Gasteiger partial charge in [-0.15, -0.1) is 0 Å². The maximum atomic E-state index is 12.6. The minimum absolute atomic E-state index is 0.119. The summed E-state index contributed by atoms with van der Waals surface area (Å²) in [6.07, 6.45) is 0.119. The summed E-state index contributed by atoms with van der Waals surface area (Å²) < 4.78 is 5.69. The van der Waals surface area contributed by atoms with Gasteiger partial charge in [-0.05, 0) is 25.1 Å². The lowest BCUT2D eigenvalue weighted by atomic mass is 10.2. The fourth-order valence-corrected chi connectivity index (χ4v) is 2.34. The van der Waals surface area contributed by atoms with Crippen molar-refractivity contribution in [3.63, 3.8) is 0 Å². The van der Waals surface area contributed by atoms with E-state index in [1.165, 1.54) is 11.8 Å². The first kappa shape index (κ1) is 19.2. The monoisotopic (exact) mass is 384 g/mol. The molecule has 0 saturated heterocycles. The first-order valence-corrected chi connectivity index (χ1v) is 8.18. The van der Waals surface area contributed by atoms with Gasteiger partial charge in [-0.25, -0.2) is 0 Å². The molecule has 1 N–H and O–H groups in total. The van der Waals surface area contributed by atoms with Crippen molar-refractivity contribution < 1.29 is 19.1 Å². The van der Waals surface area contributed by atoms with Gasteiger partial charge in [0.25, 0.3) is 5.91 Å². The summed E-state index contributed by atoms with van der Waals surface area (Å²) in [5.41, 5.74) is 0.519. The number of nitrogens with zero attached hydrogens (tertiary/aromatic N) is 1. The van der Waals surface area contributed by atoms with Crippen LogP contribution in [-0.2, 0) is 14.3 Å². The minimum atomic E-state index is -0.348. The summed E-state index contributed by atoms with van der Waals surface area (Å²) in [6, 6.07) is 7.03. The van der Waals surface area contributed by atoms with E-state index in [1.54, 1.807) is 25.1 Å². The van der Waals surface area contributed by atoms with Crippen molar-refractivity contribution in [3.8, 4) is 0 Å². The van der Waals surface area contributed by atoms with E-state index in [-0.39, 0.29) is 30.7 Å². The zero-order chi connectivity index (χ0) is 17.2. The molecule has 1 aromatic carbocycles. The lowest BCUT2D eigenvalue weighted by Gasteiger charge is -2.22. The molecule has 0 unspecified atom stereocenters. The molecule has 0 bridgehead atoms. The van der Waals surface area contributed by atoms with Crippen LogP contribution in [0.3, 0.4) is 0 Å². The Bertz CT molecular complexity index is 563. The molecule has 23 heavy (non-hydrogen) atoms. The van der Waals surface area contributed by atoms with Crippen LogP contribution in [-0.4, -0.2) is 48.9 Å². The van der Waals surface area contributed by atoms with Gasteiger partial charge in [0.05, 0.1) is 13.0 Å². The van der Waals surface area contributed by atoms with Crippen molar-refractivity contribution in [1.82, 2.24) is 10.2 Å². The summed E-state index contributed by atoms with van der Waals surface area (Å²) in [5, 5.41) is 2.65. The standard InChI is InChI=1S/C16H21BrN2O4/c1-3-23-15(21)7-9-19(10-8-18-12(2)20)16(22)13-5-4-6-14(17)11-13/h4-6,11H,3,7-10H2,1-2H3,(H,18,20). The highest BCUT2D eigenvalue weighted by atomic mass is 79.9. The molecule has 6 nitrogen and oxygen atoms in total. The predicted molar refractivity (Wildman–Crippen MR) is 90.0 cm³/mol. The van der Waals surface area contributed by atoms with E-state index in [0.29, 0.717) is 25.3 Å². The SMILES string of the molecule is CCOC(=O)CCN(CCNC(C)=O)C(=O)c1cccc(Br)c1. The predicted octanol–water partition coefficient (Wildman–Crippen LogP) is 1.98. The Kier molecular flexibility index (Phi) is 8.32. The van der Waals surface area contributed by atoms with Crippen LogP contribution in [0.5, 0.6) is 0 Å². The molecule has 0 radical (unpaired) electrons. The highest BCUT2D eigenvalue weighted by Crippen LogP contribution is 2.13. The summed E-state index contributed by atoms with van der Waals surface area (Å²) in [6.45, 7) is 4.36. The minimum Gasteiger partial charge on any atom is -0.466 e. The molecule has 0 atom stereocenters. The Morgan fingerprint density at radius 2 is 2.00 bits per heavy atom. The summed E-state index contributed by atoms with van der Waals surface area (Å²) in [5.74, 6) is -0.703. The number of benzene rings is 1. The number of hydrogen-bond donors (Lipinski definition) is 1. The fourth-order valence-electron chi connectivity index (χ4n) is 1.95. The van der Waals surface area contributed by atoms with Crippen LogP contribution < -0.4 is 5.32 Å². The van der Waals surface area contributed by atoms with Gasteiger partial charge >= 0.3 is 5.97 Å². The summed E-state index contributed by atoms with van der Waals surface area (Å²) >= 11 is 3.33. The highest BCUT2D eigenvalue weighted by Gasteiger charge is 2.17. The van der Waals surface area contributed by atoms with Gasteiger partial charge in [0.15, 0.2) is 0 Å². The average molecular weight is 385 g/mol. The summed E-state index contributed by atoms with van der Waals surface area (Å²) in [7, 11) is 0. The van der Waals surface area contributed by atoms with E-state index >= 15 is 0 Å². The number of carbonyl (C=O) groups is 3. The number of esters is 1. The molecule has 1 rings (SSSR count). The third kappa shape index (κ3) is 7.27. The van der Waals surface area contributed by atoms with Crippen molar-refractivity contribution in [1.29, 1.82) is 0 Å². The van der Waals surface area contributed by atoms with Gasteiger partial charge in [-0.1, -0.05) is 22.0 Å². The molecule has 0 aromatic heterocycles. The second-order valence-electron chi connectivity index (χ2n) is 4.84. The fraction of sp³-hybridized carbons (Fsp3) is 0.438. The zero-order valence-corrected chi connectivity index (χ0v) is 14.9. The van der Waals surface area contributed by atoms with Crippen molar-refractivity contribution >= 4 is 33.7 Å². The van der Waals surface area contributed by atoms with Crippen molar-refractivity contribution in [3.05, 3.63) is 34.3 Å². The first-order valence-electron chi connectivity index (χ1n) is 7.39. The third-order valence-electron chi connectivity index (χ3n) is 3.01. The van der Waals surface area contributed by atoms with E-state index in [0.717, 1.165) is 4.47 Å². The maximum absolute atomic E-state index is 12.6. The van der Waals surface area contributed by atoms with E-state index < -0.39 is 0 Å². The molecule has 0 heterocycles. The van der Waals surface area contributed by atoms with Crippen molar-refractivity contribution in [2.45, 2.75) is 20.3 Å². The van der Waals surface area contributed by atoms with Gasteiger partial charge in [0.1, 0.15) is 0 Å². The lowest BCUT2D eigenvalue weighted by molar-refractivity contribution is -0.143. The lowest BCUT2D eigenvalue weighted by Crippen LogP contribution is -2.39. The van der Waals surface area contributed by atoms with E-state index in [2.05, 4.69) is 21.2 Å².